The molecule has 0 unspecified atom stereocenters. The van der Waals surface area contributed by atoms with Crippen LogP contribution in [0.5, 0.6) is 0 Å². The first-order chi connectivity index (χ1) is 6.33. The first-order valence-corrected chi connectivity index (χ1v) is 5.33. The summed E-state index contributed by atoms with van der Waals surface area (Å²) in [5.41, 5.74) is 0. The van der Waals surface area contributed by atoms with Crippen LogP contribution >= 0.6 is 11.8 Å². The number of imidazole rings is 1. The summed E-state index contributed by atoms with van der Waals surface area (Å²) in [6, 6.07) is 0. The Morgan fingerprint density at radius 3 is 3.15 bits per heavy atom. The van der Waals surface area contributed by atoms with Crippen molar-refractivity contribution in [3.05, 3.63) is 18.7 Å². The predicted octanol–water partition coefficient (Wildman–Crippen LogP) is 1.35. The molecule has 0 bridgehead atoms. The van der Waals surface area contributed by atoms with E-state index in [9.17, 15) is 4.79 Å². The van der Waals surface area contributed by atoms with Crippen LogP contribution in [-0.4, -0.2) is 27.6 Å². The lowest BCUT2D eigenvalue weighted by Gasteiger charge is -2.03. The molecule has 5 heteroatoms. The van der Waals surface area contributed by atoms with Gasteiger partial charge in [-0.25, -0.2) is 4.98 Å². The minimum atomic E-state index is 0.0330. The minimum Gasteiger partial charge on any atom is -0.347 e. The zero-order chi connectivity index (χ0) is 9.52. The largest absolute Gasteiger partial charge is 0.347 e. The third-order valence-corrected chi connectivity index (χ3v) is 2.12. The Balaban J connectivity index is 2.05. The Morgan fingerprint density at radius 2 is 2.54 bits per heavy atom. The SMILES string of the molecule is CSC(=O)NCCCn1ccnc1. The smallest absolute Gasteiger partial charge is 0.278 e. The highest BCUT2D eigenvalue weighted by Gasteiger charge is 1.95. The first-order valence-electron chi connectivity index (χ1n) is 4.10. The van der Waals surface area contributed by atoms with Crippen molar-refractivity contribution in [3.8, 4) is 0 Å². The van der Waals surface area contributed by atoms with E-state index in [0.29, 0.717) is 0 Å². The molecule has 1 aromatic heterocycles. The van der Waals surface area contributed by atoms with Crippen LogP contribution in [0.3, 0.4) is 0 Å². The van der Waals surface area contributed by atoms with Crippen LogP contribution < -0.4 is 5.32 Å². The molecule has 0 atom stereocenters. The molecule has 0 aliphatic carbocycles. The number of thioether (sulfide) groups is 1. The van der Waals surface area contributed by atoms with E-state index in [2.05, 4.69) is 10.3 Å². The molecule has 0 fully saturated rings. The molecule has 4 nitrogen and oxygen atoms in total. The number of hydrogen-bond donors (Lipinski definition) is 1. The summed E-state index contributed by atoms with van der Waals surface area (Å²) in [6.07, 6.45) is 8.14. The number of hydrogen-bond acceptors (Lipinski definition) is 3. The number of aromatic nitrogens is 2. The molecule has 0 saturated heterocycles. The summed E-state index contributed by atoms with van der Waals surface area (Å²) in [7, 11) is 0. The summed E-state index contributed by atoms with van der Waals surface area (Å²) < 4.78 is 1.99. The molecule has 1 aromatic rings. The van der Waals surface area contributed by atoms with Crippen LogP contribution in [0.1, 0.15) is 6.42 Å². The van der Waals surface area contributed by atoms with Gasteiger partial charge in [-0.1, -0.05) is 11.8 Å². The lowest BCUT2D eigenvalue weighted by molar-refractivity contribution is 0.260. The number of aryl methyl sites for hydroxylation is 1. The van der Waals surface area contributed by atoms with Gasteiger partial charge in [0.2, 0.25) is 0 Å². The van der Waals surface area contributed by atoms with Crippen LogP contribution in [0.4, 0.5) is 4.79 Å². The van der Waals surface area contributed by atoms with E-state index in [1.54, 1.807) is 18.8 Å². The molecular formula is C8H13N3OS. The van der Waals surface area contributed by atoms with E-state index in [-0.39, 0.29) is 5.24 Å². The van der Waals surface area contributed by atoms with Gasteiger partial charge in [0, 0.05) is 25.5 Å². The number of carbonyl (C=O) groups excluding carboxylic acids is 1. The van der Waals surface area contributed by atoms with E-state index in [1.165, 1.54) is 11.8 Å². The molecule has 0 aliphatic rings. The van der Waals surface area contributed by atoms with Crippen molar-refractivity contribution < 1.29 is 4.79 Å². The molecule has 0 radical (unpaired) electrons. The van der Waals surface area contributed by atoms with E-state index in [4.69, 9.17) is 0 Å². The van der Waals surface area contributed by atoms with Crippen molar-refractivity contribution in [1.82, 2.24) is 14.9 Å². The average Bonchev–Trinajstić information content (AvgIpc) is 2.64. The maximum atomic E-state index is 10.8. The average molecular weight is 199 g/mol. The lowest BCUT2D eigenvalue weighted by Crippen LogP contribution is -2.20. The van der Waals surface area contributed by atoms with Gasteiger partial charge in [-0.05, 0) is 12.7 Å². The summed E-state index contributed by atoms with van der Waals surface area (Å²) in [5, 5.41) is 2.82. The molecule has 0 aromatic carbocycles. The van der Waals surface area contributed by atoms with Crippen LogP contribution in [0.2, 0.25) is 0 Å². The molecule has 0 saturated carbocycles. The van der Waals surface area contributed by atoms with Gasteiger partial charge in [0.15, 0.2) is 0 Å². The molecule has 0 spiro atoms. The molecule has 0 aliphatic heterocycles. The van der Waals surface area contributed by atoms with E-state index in [0.717, 1.165) is 19.5 Å². The van der Waals surface area contributed by atoms with Gasteiger partial charge < -0.3 is 9.88 Å². The summed E-state index contributed by atoms with van der Waals surface area (Å²) in [6.45, 7) is 1.62. The fourth-order valence-electron chi connectivity index (χ4n) is 0.943. The second-order valence-electron chi connectivity index (χ2n) is 2.57. The van der Waals surface area contributed by atoms with Crippen LogP contribution in [-0.2, 0) is 6.54 Å². The Kier molecular flexibility index (Phi) is 4.39. The highest BCUT2D eigenvalue weighted by molar-refractivity contribution is 8.12. The van der Waals surface area contributed by atoms with Gasteiger partial charge in [0.1, 0.15) is 0 Å². The van der Waals surface area contributed by atoms with Crippen molar-refractivity contribution in [3.63, 3.8) is 0 Å². The minimum absolute atomic E-state index is 0.0330. The van der Waals surface area contributed by atoms with Crippen LogP contribution in [0.15, 0.2) is 18.7 Å². The van der Waals surface area contributed by atoms with Gasteiger partial charge in [0.05, 0.1) is 6.33 Å². The van der Waals surface area contributed by atoms with Crippen LogP contribution in [0, 0.1) is 0 Å². The number of nitrogens with zero attached hydrogens (tertiary/aromatic N) is 2. The topological polar surface area (TPSA) is 46.9 Å². The molecule has 1 amide bonds. The second-order valence-corrected chi connectivity index (χ2v) is 3.35. The van der Waals surface area contributed by atoms with Gasteiger partial charge >= 0.3 is 0 Å². The maximum Gasteiger partial charge on any atom is 0.278 e. The van der Waals surface area contributed by atoms with Gasteiger partial charge in [-0.3, -0.25) is 4.79 Å². The van der Waals surface area contributed by atoms with Crippen LogP contribution in [0.25, 0.3) is 0 Å². The Hall–Kier alpha value is -0.970. The molecule has 72 valence electrons. The maximum absolute atomic E-state index is 10.8. The molecular weight excluding hydrogens is 186 g/mol. The van der Waals surface area contributed by atoms with E-state index >= 15 is 0 Å². The number of amides is 1. The van der Waals surface area contributed by atoms with Crippen molar-refractivity contribution >= 4 is 17.0 Å². The summed E-state index contributed by atoms with van der Waals surface area (Å²) >= 11 is 1.20. The third kappa shape index (κ3) is 3.98. The van der Waals surface area contributed by atoms with E-state index in [1.807, 2.05) is 10.8 Å². The van der Waals surface area contributed by atoms with Crippen molar-refractivity contribution in [2.75, 3.05) is 12.8 Å². The zero-order valence-electron chi connectivity index (χ0n) is 7.56. The summed E-state index contributed by atoms with van der Waals surface area (Å²) in [4.78, 5) is 14.7. The van der Waals surface area contributed by atoms with E-state index < -0.39 is 0 Å². The summed E-state index contributed by atoms with van der Waals surface area (Å²) in [5.74, 6) is 0. The number of rotatable bonds is 4. The predicted molar refractivity (Wildman–Crippen MR) is 53.8 cm³/mol. The molecule has 13 heavy (non-hydrogen) atoms. The highest BCUT2D eigenvalue weighted by Crippen LogP contribution is 1.93. The van der Waals surface area contributed by atoms with Crippen molar-refractivity contribution in [2.24, 2.45) is 0 Å². The first kappa shape index (κ1) is 10.1. The van der Waals surface area contributed by atoms with Crippen molar-refractivity contribution in [1.29, 1.82) is 0 Å². The Labute approximate surface area is 81.7 Å². The number of carbonyl (C=O) groups is 1. The van der Waals surface area contributed by atoms with Gasteiger partial charge in [-0.15, -0.1) is 0 Å². The normalized spacial score (nSPS) is 9.92. The highest BCUT2D eigenvalue weighted by atomic mass is 32.2. The van der Waals surface area contributed by atoms with Gasteiger partial charge in [0.25, 0.3) is 5.24 Å². The number of nitrogens with one attached hydrogen (secondary N) is 1. The quantitative estimate of drug-likeness (QED) is 0.744. The van der Waals surface area contributed by atoms with Crippen molar-refractivity contribution in [2.45, 2.75) is 13.0 Å². The lowest BCUT2D eigenvalue weighted by atomic mass is 10.4. The Bertz CT molecular complexity index is 248. The van der Waals surface area contributed by atoms with Gasteiger partial charge in [-0.2, -0.15) is 0 Å². The monoisotopic (exact) mass is 199 g/mol. The second kappa shape index (κ2) is 5.64. The zero-order valence-corrected chi connectivity index (χ0v) is 8.38. The fourth-order valence-corrected chi connectivity index (χ4v) is 1.19. The molecule has 1 heterocycles. The standard InChI is InChI=1S/C8H13N3OS/c1-13-8(12)10-3-2-5-11-6-4-9-7-11/h4,6-7H,2-3,5H2,1H3,(H,10,12). The fraction of sp³-hybridized carbons (Fsp3) is 0.500. The molecule has 1 rings (SSSR count). The Morgan fingerprint density at radius 1 is 1.69 bits per heavy atom. The molecule has 1 N–H and O–H groups in total. The third-order valence-electron chi connectivity index (χ3n) is 1.61.